The highest BCUT2D eigenvalue weighted by Crippen LogP contribution is 2.40. The zero-order valence-electron chi connectivity index (χ0n) is 12.0. The van der Waals surface area contributed by atoms with Gasteiger partial charge >= 0.3 is 0 Å². The Kier molecular flexibility index (Phi) is 2.78. The third-order valence-electron chi connectivity index (χ3n) is 3.88. The fourth-order valence-electron chi connectivity index (χ4n) is 2.73. The van der Waals surface area contributed by atoms with Gasteiger partial charge in [-0.3, -0.25) is 4.68 Å². The minimum absolute atomic E-state index is 0.548. The van der Waals surface area contributed by atoms with E-state index in [0.29, 0.717) is 19.1 Å². The Morgan fingerprint density at radius 3 is 2.95 bits per heavy atom. The molecule has 0 spiro atoms. The Hall–Kier alpha value is -2.21. The number of hydrogen-bond donors (Lipinski definition) is 1. The van der Waals surface area contributed by atoms with Gasteiger partial charge in [0, 0.05) is 12.6 Å². The van der Waals surface area contributed by atoms with Crippen LogP contribution in [0.3, 0.4) is 0 Å². The van der Waals surface area contributed by atoms with Crippen LogP contribution >= 0.6 is 0 Å². The number of hydrogen-bond acceptors (Lipinski definition) is 4. The standard InChI is InChI=1S/C15H18N6/c1-10-2-5-14-12(8-10)17-15(21(14)11-3-4-11)13-9-20(7-6-16)19-18-13/h2,5,8-9,11H,3-4,6-7,16H2,1H3. The molecular weight excluding hydrogens is 264 g/mol. The van der Waals surface area contributed by atoms with Crippen LogP contribution in [0.4, 0.5) is 0 Å². The van der Waals surface area contributed by atoms with Crippen molar-refractivity contribution in [2.24, 2.45) is 5.73 Å². The smallest absolute Gasteiger partial charge is 0.163 e. The fourth-order valence-corrected chi connectivity index (χ4v) is 2.73. The molecule has 1 aliphatic rings. The van der Waals surface area contributed by atoms with Crippen molar-refractivity contribution in [1.82, 2.24) is 24.5 Å². The van der Waals surface area contributed by atoms with E-state index >= 15 is 0 Å². The predicted octanol–water partition coefficient (Wildman–Crippen LogP) is 1.90. The van der Waals surface area contributed by atoms with Crippen LogP contribution in [0.25, 0.3) is 22.6 Å². The second-order valence-corrected chi connectivity index (χ2v) is 5.68. The van der Waals surface area contributed by atoms with Crippen molar-refractivity contribution < 1.29 is 0 Å². The van der Waals surface area contributed by atoms with Crippen LogP contribution < -0.4 is 5.73 Å². The van der Waals surface area contributed by atoms with Crippen molar-refractivity contribution >= 4 is 11.0 Å². The van der Waals surface area contributed by atoms with Gasteiger partial charge in [0.05, 0.1) is 23.8 Å². The van der Waals surface area contributed by atoms with Crippen LogP contribution in [0.2, 0.25) is 0 Å². The van der Waals surface area contributed by atoms with Crippen LogP contribution in [0.5, 0.6) is 0 Å². The van der Waals surface area contributed by atoms with E-state index in [4.69, 9.17) is 10.7 Å². The first-order valence-corrected chi connectivity index (χ1v) is 7.35. The van der Waals surface area contributed by atoms with Gasteiger partial charge < -0.3 is 10.3 Å². The number of fused-ring (bicyclic) bond motifs is 1. The summed E-state index contributed by atoms with van der Waals surface area (Å²) in [6.45, 7) is 3.32. The monoisotopic (exact) mass is 282 g/mol. The number of nitrogens with two attached hydrogens (primary N) is 1. The van der Waals surface area contributed by atoms with Gasteiger partial charge in [-0.15, -0.1) is 5.10 Å². The number of aryl methyl sites for hydroxylation is 1. The quantitative estimate of drug-likeness (QED) is 0.793. The Bertz CT molecular complexity index is 796. The largest absolute Gasteiger partial charge is 0.329 e. The first-order valence-electron chi connectivity index (χ1n) is 7.35. The number of imidazole rings is 1. The Labute approximate surface area is 122 Å². The van der Waals surface area contributed by atoms with Crippen LogP contribution in [0.15, 0.2) is 24.4 Å². The van der Waals surface area contributed by atoms with Gasteiger partial charge in [0.25, 0.3) is 0 Å². The number of aromatic nitrogens is 5. The molecule has 3 aromatic rings. The molecule has 108 valence electrons. The third-order valence-corrected chi connectivity index (χ3v) is 3.88. The SMILES string of the molecule is Cc1ccc2c(c1)nc(-c1cn(CCN)nn1)n2C1CC1. The molecule has 0 aliphatic heterocycles. The van der Waals surface area contributed by atoms with Crippen LogP contribution in [0.1, 0.15) is 24.4 Å². The molecule has 0 bridgehead atoms. The van der Waals surface area contributed by atoms with Gasteiger partial charge in [0.1, 0.15) is 5.69 Å². The van der Waals surface area contributed by atoms with E-state index < -0.39 is 0 Å². The summed E-state index contributed by atoms with van der Waals surface area (Å²) in [5.74, 6) is 0.918. The molecule has 2 heterocycles. The molecule has 1 fully saturated rings. The Morgan fingerprint density at radius 2 is 2.19 bits per heavy atom. The summed E-state index contributed by atoms with van der Waals surface area (Å²) in [6.07, 6.45) is 4.35. The summed E-state index contributed by atoms with van der Waals surface area (Å²) in [5.41, 5.74) is 9.83. The van der Waals surface area contributed by atoms with E-state index in [0.717, 1.165) is 17.0 Å². The van der Waals surface area contributed by atoms with Crippen molar-refractivity contribution in [2.45, 2.75) is 32.4 Å². The normalized spacial score (nSPS) is 15.0. The molecule has 2 aromatic heterocycles. The van der Waals surface area contributed by atoms with Gasteiger partial charge in [0.15, 0.2) is 5.82 Å². The lowest BCUT2D eigenvalue weighted by atomic mass is 10.2. The van der Waals surface area contributed by atoms with E-state index in [1.807, 2.05) is 6.20 Å². The Balaban J connectivity index is 1.88. The van der Waals surface area contributed by atoms with Crippen molar-refractivity contribution in [3.05, 3.63) is 30.0 Å². The first-order chi connectivity index (χ1) is 10.3. The average molecular weight is 282 g/mol. The van der Waals surface area contributed by atoms with Gasteiger partial charge in [-0.05, 0) is 37.5 Å². The highest BCUT2D eigenvalue weighted by molar-refractivity contribution is 5.81. The fraction of sp³-hybridized carbons (Fsp3) is 0.400. The lowest BCUT2D eigenvalue weighted by molar-refractivity contribution is 0.598. The number of benzene rings is 1. The van der Waals surface area contributed by atoms with E-state index in [2.05, 4.69) is 40.0 Å². The van der Waals surface area contributed by atoms with E-state index in [-0.39, 0.29) is 0 Å². The minimum atomic E-state index is 0.548. The first kappa shape index (κ1) is 12.5. The maximum atomic E-state index is 5.57. The molecule has 4 rings (SSSR count). The van der Waals surface area contributed by atoms with Gasteiger partial charge in [-0.2, -0.15) is 0 Å². The summed E-state index contributed by atoms with van der Waals surface area (Å²) in [5, 5.41) is 8.39. The molecule has 0 atom stereocenters. The average Bonchev–Trinajstić information content (AvgIpc) is 3.08. The zero-order valence-corrected chi connectivity index (χ0v) is 12.0. The molecule has 21 heavy (non-hydrogen) atoms. The highest BCUT2D eigenvalue weighted by Gasteiger charge is 2.29. The summed E-state index contributed by atoms with van der Waals surface area (Å²) < 4.78 is 4.09. The number of nitrogens with zero attached hydrogens (tertiary/aromatic N) is 5. The van der Waals surface area contributed by atoms with Gasteiger partial charge in [-0.1, -0.05) is 11.3 Å². The molecule has 6 nitrogen and oxygen atoms in total. The molecule has 0 saturated heterocycles. The lowest BCUT2D eigenvalue weighted by Crippen LogP contribution is -2.10. The molecule has 0 unspecified atom stereocenters. The zero-order chi connectivity index (χ0) is 14.4. The summed E-state index contributed by atoms with van der Waals surface area (Å²) in [6, 6.07) is 6.97. The van der Waals surface area contributed by atoms with Crippen molar-refractivity contribution in [2.75, 3.05) is 6.54 Å². The summed E-state index contributed by atoms with van der Waals surface area (Å²) >= 11 is 0. The van der Waals surface area contributed by atoms with Crippen molar-refractivity contribution in [3.8, 4) is 11.5 Å². The maximum Gasteiger partial charge on any atom is 0.163 e. The molecule has 6 heteroatoms. The van der Waals surface area contributed by atoms with Crippen molar-refractivity contribution in [1.29, 1.82) is 0 Å². The lowest BCUT2D eigenvalue weighted by Gasteiger charge is -2.05. The molecule has 1 saturated carbocycles. The van der Waals surface area contributed by atoms with Gasteiger partial charge in [0.2, 0.25) is 0 Å². The summed E-state index contributed by atoms with van der Waals surface area (Å²) in [7, 11) is 0. The third kappa shape index (κ3) is 2.12. The molecule has 2 N–H and O–H groups in total. The molecule has 1 aliphatic carbocycles. The van der Waals surface area contributed by atoms with Crippen LogP contribution in [-0.2, 0) is 6.54 Å². The topological polar surface area (TPSA) is 74.6 Å². The molecule has 0 radical (unpaired) electrons. The highest BCUT2D eigenvalue weighted by atomic mass is 15.4. The second kappa shape index (κ2) is 4.66. The predicted molar refractivity (Wildman–Crippen MR) is 80.8 cm³/mol. The van der Waals surface area contributed by atoms with Crippen molar-refractivity contribution in [3.63, 3.8) is 0 Å². The molecule has 1 aromatic carbocycles. The van der Waals surface area contributed by atoms with Crippen LogP contribution in [0, 0.1) is 6.92 Å². The van der Waals surface area contributed by atoms with E-state index in [9.17, 15) is 0 Å². The molecular formula is C15H18N6. The minimum Gasteiger partial charge on any atom is -0.329 e. The maximum absolute atomic E-state index is 5.57. The van der Waals surface area contributed by atoms with Crippen LogP contribution in [-0.4, -0.2) is 31.1 Å². The summed E-state index contributed by atoms with van der Waals surface area (Å²) in [4.78, 5) is 4.79. The van der Waals surface area contributed by atoms with E-state index in [1.165, 1.54) is 23.9 Å². The van der Waals surface area contributed by atoms with E-state index in [1.54, 1.807) is 4.68 Å². The second-order valence-electron chi connectivity index (χ2n) is 5.68. The van der Waals surface area contributed by atoms with Gasteiger partial charge in [-0.25, -0.2) is 4.98 Å². The molecule has 0 amide bonds. The Morgan fingerprint density at radius 1 is 1.33 bits per heavy atom. The number of rotatable bonds is 4.